The van der Waals surface area contributed by atoms with Gasteiger partial charge in [0.05, 0.1) is 34.3 Å². The Morgan fingerprint density at radius 3 is 2.47 bits per heavy atom. The number of nitrogens with one attached hydrogen (secondary N) is 3. The summed E-state index contributed by atoms with van der Waals surface area (Å²) in [5.41, 5.74) is 3.57. The van der Waals surface area contributed by atoms with Gasteiger partial charge in [-0.15, -0.1) is 0 Å². The van der Waals surface area contributed by atoms with Crippen molar-refractivity contribution >= 4 is 33.9 Å². The highest BCUT2D eigenvalue weighted by atomic mass is 16.5. The fourth-order valence-electron chi connectivity index (χ4n) is 4.67. The number of aromatic nitrogens is 3. The maximum Gasteiger partial charge on any atom is 0.248 e. The predicted molar refractivity (Wildman–Crippen MR) is 164 cm³/mol. The second-order valence-electron chi connectivity index (χ2n) is 9.78. The number of anilines is 3. The van der Waals surface area contributed by atoms with E-state index in [0.29, 0.717) is 56.7 Å². The van der Waals surface area contributed by atoms with Gasteiger partial charge in [-0.25, -0.2) is 4.98 Å². The zero-order valence-electron chi connectivity index (χ0n) is 23.1. The zero-order chi connectivity index (χ0) is 29.4. The van der Waals surface area contributed by atoms with Gasteiger partial charge in [0.2, 0.25) is 11.8 Å². The first-order valence-electron chi connectivity index (χ1n) is 13.8. The van der Waals surface area contributed by atoms with Crippen LogP contribution in [0.25, 0.3) is 10.9 Å². The number of amides is 1. The zero-order valence-corrected chi connectivity index (χ0v) is 23.1. The third kappa shape index (κ3) is 6.75. The third-order valence-corrected chi connectivity index (χ3v) is 6.78. The summed E-state index contributed by atoms with van der Waals surface area (Å²) in [5.74, 6) is 1.81. The first-order chi connectivity index (χ1) is 21.1. The number of fused-ring (bicyclic) bond motifs is 1. The number of piperidine rings is 1. The topological polar surface area (TPSA) is 134 Å². The number of benzene rings is 2. The molecule has 0 bridgehead atoms. The lowest BCUT2D eigenvalue weighted by Gasteiger charge is -2.17. The van der Waals surface area contributed by atoms with Crippen molar-refractivity contribution in [2.75, 3.05) is 23.7 Å². The summed E-state index contributed by atoms with van der Waals surface area (Å²) in [6.45, 7) is 1.69. The Balaban J connectivity index is 1.35. The van der Waals surface area contributed by atoms with Crippen LogP contribution in [-0.2, 0) is 4.79 Å². The van der Waals surface area contributed by atoms with Gasteiger partial charge in [0.25, 0.3) is 0 Å². The Morgan fingerprint density at radius 1 is 0.930 bits per heavy atom. The summed E-state index contributed by atoms with van der Waals surface area (Å²) in [5, 5.41) is 20.1. The van der Waals surface area contributed by atoms with Gasteiger partial charge >= 0.3 is 0 Å². The van der Waals surface area contributed by atoms with E-state index < -0.39 is 0 Å². The molecule has 0 radical (unpaired) electrons. The number of hydrogen-bond acceptors (Lipinski definition) is 9. The average molecular weight is 570 g/mol. The van der Waals surface area contributed by atoms with Gasteiger partial charge in [-0.3, -0.25) is 14.8 Å². The van der Waals surface area contributed by atoms with Gasteiger partial charge in [0.15, 0.2) is 5.75 Å². The summed E-state index contributed by atoms with van der Waals surface area (Å²) in [6.07, 6.45) is 9.66. The molecule has 212 valence electrons. The van der Waals surface area contributed by atoms with Crippen molar-refractivity contribution in [2.24, 2.45) is 0 Å². The van der Waals surface area contributed by atoms with Crippen molar-refractivity contribution < 1.29 is 14.3 Å². The van der Waals surface area contributed by atoms with Crippen LogP contribution in [0.1, 0.15) is 18.4 Å². The molecule has 6 rings (SSSR count). The molecule has 2 aromatic carbocycles. The molecule has 3 N–H and O–H groups in total. The molecular formula is C33H27N7O3. The Bertz CT molecular complexity index is 1810. The molecule has 43 heavy (non-hydrogen) atoms. The van der Waals surface area contributed by atoms with Gasteiger partial charge in [-0.1, -0.05) is 23.8 Å². The van der Waals surface area contributed by atoms with Crippen molar-refractivity contribution in [3.05, 3.63) is 109 Å². The first-order valence-corrected chi connectivity index (χ1v) is 13.8. The molecule has 0 unspecified atom stereocenters. The Labute approximate surface area is 248 Å². The summed E-state index contributed by atoms with van der Waals surface area (Å²) in [7, 11) is 0. The largest absolute Gasteiger partial charge is 0.455 e. The lowest BCUT2D eigenvalue weighted by molar-refractivity contribution is -0.112. The fraction of sp³-hybridized carbons (Fsp3) is 0.121. The van der Waals surface area contributed by atoms with E-state index in [9.17, 15) is 10.1 Å². The Hall–Kier alpha value is -5.79. The molecule has 3 aromatic heterocycles. The molecule has 1 amide bonds. The fourth-order valence-corrected chi connectivity index (χ4v) is 4.67. The molecule has 1 saturated heterocycles. The second kappa shape index (κ2) is 12.8. The van der Waals surface area contributed by atoms with Crippen molar-refractivity contribution in [3.8, 4) is 29.2 Å². The van der Waals surface area contributed by atoms with Crippen LogP contribution in [0.15, 0.2) is 103 Å². The minimum atomic E-state index is -0.257. The van der Waals surface area contributed by atoms with Gasteiger partial charge in [-0.2, -0.15) is 5.26 Å². The monoisotopic (exact) mass is 569 g/mol. The van der Waals surface area contributed by atoms with Crippen molar-refractivity contribution in [1.82, 2.24) is 20.3 Å². The molecule has 4 heterocycles. The smallest absolute Gasteiger partial charge is 0.248 e. The van der Waals surface area contributed by atoms with E-state index in [-0.39, 0.29) is 5.91 Å². The number of ether oxygens (including phenoxy) is 2. The van der Waals surface area contributed by atoms with Crippen molar-refractivity contribution in [3.63, 3.8) is 0 Å². The van der Waals surface area contributed by atoms with E-state index in [1.807, 2.05) is 36.4 Å². The number of pyridine rings is 3. The third-order valence-electron chi connectivity index (χ3n) is 6.78. The normalized spacial score (nSPS) is 12.7. The van der Waals surface area contributed by atoms with Crippen LogP contribution in [0.5, 0.6) is 23.1 Å². The maximum absolute atomic E-state index is 13.1. The molecule has 1 aliphatic heterocycles. The van der Waals surface area contributed by atoms with E-state index in [0.717, 1.165) is 31.5 Å². The van der Waals surface area contributed by atoms with Gasteiger partial charge in [-0.05, 0) is 62.3 Å². The highest BCUT2D eigenvalue weighted by molar-refractivity contribution is 6.05. The number of nitriles is 1. The summed E-state index contributed by atoms with van der Waals surface area (Å²) in [6, 6.07) is 22.1. The van der Waals surface area contributed by atoms with Crippen molar-refractivity contribution in [1.29, 1.82) is 5.26 Å². The lowest BCUT2D eigenvalue weighted by atomic mass is 10.0. The van der Waals surface area contributed by atoms with Crippen LogP contribution in [0.3, 0.4) is 0 Å². The van der Waals surface area contributed by atoms with Crippen LogP contribution in [0.4, 0.5) is 17.1 Å². The van der Waals surface area contributed by atoms with E-state index >= 15 is 0 Å². The molecule has 10 heteroatoms. The Morgan fingerprint density at radius 2 is 1.72 bits per heavy atom. The minimum Gasteiger partial charge on any atom is -0.455 e. The van der Waals surface area contributed by atoms with Crippen molar-refractivity contribution in [2.45, 2.75) is 12.8 Å². The quantitative estimate of drug-likeness (QED) is 0.180. The van der Waals surface area contributed by atoms with E-state index in [4.69, 9.17) is 9.47 Å². The number of hydrogen-bond donors (Lipinski definition) is 3. The summed E-state index contributed by atoms with van der Waals surface area (Å²) < 4.78 is 12.0. The van der Waals surface area contributed by atoms with E-state index in [1.54, 1.807) is 55.0 Å². The second-order valence-corrected chi connectivity index (χ2v) is 9.78. The molecule has 5 aromatic rings. The number of para-hydroxylation sites is 1. The number of nitrogens with zero attached hydrogens (tertiary/aromatic N) is 4. The van der Waals surface area contributed by atoms with Crippen LogP contribution in [-0.4, -0.2) is 33.9 Å². The van der Waals surface area contributed by atoms with Gasteiger partial charge < -0.3 is 25.4 Å². The highest BCUT2D eigenvalue weighted by Crippen LogP contribution is 2.38. The van der Waals surface area contributed by atoms with E-state index in [2.05, 4.69) is 37.0 Å². The molecule has 10 nitrogen and oxygen atoms in total. The van der Waals surface area contributed by atoms with Crippen LogP contribution in [0.2, 0.25) is 0 Å². The average Bonchev–Trinajstić information content (AvgIpc) is 3.04. The van der Waals surface area contributed by atoms with Gasteiger partial charge in [0.1, 0.15) is 17.6 Å². The molecule has 1 fully saturated rings. The van der Waals surface area contributed by atoms with E-state index in [1.165, 1.54) is 6.20 Å². The minimum absolute atomic E-state index is 0.257. The SMILES string of the molecule is N#Cc1cnc2cc(Oc3ccncc3)c(NC(=O)C=C3CCNCC3)cc2c1Nc1ccc(Oc2ccccc2)nc1. The molecule has 0 atom stereocenters. The van der Waals surface area contributed by atoms with Crippen LogP contribution >= 0.6 is 0 Å². The summed E-state index contributed by atoms with van der Waals surface area (Å²) >= 11 is 0. The maximum atomic E-state index is 13.1. The number of carbonyl (C=O) groups is 1. The molecule has 1 aliphatic rings. The highest BCUT2D eigenvalue weighted by Gasteiger charge is 2.17. The van der Waals surface area contributed by atoms with Crippen LogP contribution < -0.4 is 25.4 Å². The molecule has 0 aliphatic carbocycles. The van der Waals surface area contributed by atoms with Crippen LogP contribution in [0, 0.1) is 11.3 Å². The summed E-state index contributed by atoms with van der Waals surface area (Å²) in [4.78, 5) is 26.1. The number of carbonyl (C=O) groups excluding carboxylic acids is 1. The standard InChI is InChI=1S/C33H27N7O3/c34-19-23-20-37-28-18-30(42-26-10-14-36-15-11-26)29(40-31(41)16-22-8-12-35-13-9-22)17-27(28)33(23)39-24-6-7-32(38-21-24)43-25-4-2-1-3-5-25/h1-7,10-11,14-18,20-21,35H,8-9,12-13H2,(H,37,39)(H,40,41). The number of rotatable bonds is 8. The first kappa shape index (κ1) is 27.4. The van der Waals surface area contributed by atoms with Gasteiger partial charge in [0, 0.05) is 42.2 Å². The Kier molecular flexibility index (Phi) is 8.15. The predicted octanol–water partition coefficient (Wildman–Crippen LogP) is 6.47. The molecule has 0 saturated carbocycles. The molecule has 0 spiro atoms. The lowest BCUT2D eigenvalue weighted by Crippen LogP contribution is -2.24. The molecular weight excluding hydrogens is 542 g/mol.